The molecule has 0 N–H and O–H groups in total. The van der Waals surface area contributed by atoms with Gasteiger partial charge >= 0.3 is 0 Å². The van der Waals surface area contributed by atoms with Crippen molar-refractivity contribution in [1.29, 1.82) is 0 Å². The fourth-order valence-corrected chi connectivity index (χ4v) is 1.85. The lowest BCUT2D eigenvalue weighted by atomic mass is 9.92. The molecule has 1 aliphatic rings. The second-order valence-electron chi connectivity index (χ2n) is 3.78. The molecule has 0 spiro atoms. The molecule has 0 heteroatoms. The SMILES string of the molecule is CC#Cc1ccc2c(c1)CCC(C)=C2. The Morgan fingerprint density at radius 3 is 2.86 bits per heavy atom. The Balaban J connectivity index is 2.45. The minimum atomic E-state index is 1.14. The molecule has 0 saturated carbocycles. The van der Waals surface area contributed by atoms with Crippen LogP contribution in [0.5, 0.6) is 0 Å². The number of fused-ring (bicyclic) bond motifs is 1. The Bertz CT molecular complexity index is 439. The largest absolute Gasteiger partial charge is 0.101 e. The van der Waals surface area contributed by atoms with Gasteiger partial charge in [-0.2, -0.15) is 0 Å². The van der Waals surface area contributed by atoms with E-state index in [1.807, 2.05) is 6.92 Å². The first kappa shape index (κ1) is 9.09. The predicted molar refractivity (Wildman–Crippen MR) is 61.0 cm³/mol. The summed E-state index contributed by atoms with van der Waals surface area (Å²) in [6.45, 7) is 4.08. The van der Waals surface area contributed by atoms with Gasteiger partial charge < -0.3 is 0 Å². The van der Waals surface area contributed by atoms with Gasteiger partial charge in [0.2, 0.25) is 0 Å². The number of hydrogen-bond donors (Lipinski definition) is 0. The number of aryl methyl sites for hydroxylation is 1. The fourth-order valence-electron chi connectivity index (χ4n) is 1.85. The second kappa shape index (κ2) is 3.72. The van der Waals surface area contributed by atoms with Crippen molar-refractivity contribution >= 4 is 6.08 Å². The summed E-state index contributed by atoms with van der Waals surface area (Å²) in [7, 11) is 0. The van der Waals surface area contributed by atoms with E-state index in [1.165, 1.54) is 23.1 Å². The van der Waals surface area contributed by atoms with Crippen LogP contribution in [0.1, 0.15) is 37.0 Å². The maximum atomic E-state index is 3.10. The van der Waals surface area contributed by atoms with Gasteiger partial charge in [0.15, 0.2) is 0 Å². The number of allylic oxidation sites excluding steroid dienone is 1. The molecule has 70 valence electrons. The lowest BCUT2D eigenvalue weighted by Crippen LogP contribution is -1.97. The minimum Gasteiger partial charge on any atom is -0.101 e. The normalized spacial score (nSPS) is 13.7. The molecule has 1 aromatic carbocycles. The van der Waals surface area contributed by atoms with E-state index >= 15 is 0 Å². The molecule has 0 atom stereocenters. The van der Waals surface area contributed by atoms with Gasteiger partial charge in [0.05, 0.1) is 0 Å². The fraction of sp³-hybridized carbons (Fsp3) is 0.286. The minimum absolute atomic E-state index is 1.14. The van der Waals surface area contributed by atoms with E-state index in [2.05, 4.69) is 43.0 Å². The predicted octanol–water partition coefficient (Wildman–Crippen LogP) is 3.41. The summed E-state index contributed by atoms with van der Waals surface area (Å²) in [4.78, 5) is 0. The summed E-state index contributed by atoms with van der Waals surface area (Å²) in [6, 6.07) is 6.50. The number of hydrogen-bond acceptors (Lipinski definition) is 0. The highest BCUT2D eigenvalue weighted by atomic mass is 14.1. The van der Waals surface area contributed by atoms with Gasteiger partial charge in [-0.15, -0.1) is 5.92 Å². The molecule has 2 rings (SSSR count). The van der Waals surface area contributed by atoms with Crippen molar-refractivity contribution in [2.24, 2.45) is 0 Å². The van der Waals surface area contributed by atoms with Gasteiger partial charge in [-0.05, 0) is 49.9 Å². The lowest BCUT2D eigenvalue weighted by molar-refractivity contribution is 0.927. The summed E-state index contributed by atoms with van der Waals surface area (Å²) >= 11 is 0. The van der Waals surface area contributed by atoms with Crippen LogP contribution in [0.3, 0.4) is 0 Å². The third kappa shape index (κ3) is 1.72. The molecule has 0 amide bonds. The highest BCUT2D eigenvalue weighted by Crippen LogP contribution is 2.24. The Kier molecular flexibility index (Phi) is 2.41. The molecular weight excluding hydrogens is 168 g/mol. The van der Waals surface area contributed by atoms with Crippen LogP contribution in [-0.4, -0.2) is 0 Å². The quantitative estimate of drug-likeness (QED) is 0.539. The molecule has 0 heterocycles. The van der Waals surface area contributed by atoms with Crippen molar-refractivity contribution in [3.05, 3.63) is 40.5 Å². The van der Waals surface area contributed by atoms with Gasteiger partial charge in [-0.25, -0.2) is 0 Å². The monoisotopic (exact) mass is 182 g/mol. The maximum absolute atomic E-state index is 3.10. The Hall–Kier alpha value is -1.48. The molecule has 0 unspecified atom stereocenters. The third-order valence-corrected chi connectivity index (χ3v) is 2.60. The zero-order valence-electron chi connectivity index (χ0n) is 8.72. The van der Waals surface area contributed by atoms with E-state index < -0.39 is 0 Å². The van der Waals surface area contributed by atoms with Crippen molar-refractivity contribution in [1.82, 2.24) is 0 Å². The molecule has 14 heavy (non-hydrogen) atoms. The zero-order chi connectivity index (χ0) is 9.97. The van der Waals surface area contributed by atoms with Crippen LogP contribution in [0.2, 0.25) is 0 Å². The molecule has 0 radical (unpaired) electrons. The van der Waals surface area contributed by atoms with Gasteiger partial charge in [-0.3, -0.25) is 0 Å². The Morgan fingerprint density at radius 2 is 2.07 bits per heavy atom. The molecule has 1 aliphatic carbocycles. The van der Waals surface area contributed by atoms with Crippen molar-refractivity contribution < 1.29 is 0 Å². The molecule has 0 fully saturated rings. The van der Waals surface area contributed by atoms with Crippen molar-refractivity contribution in [3.8, 4) is 11.8 Å². The molecular formula is C14H14. The first-order valence-electron chi connectivity index (χ1n) is 5.02. The first-order valence-corrected chi connectivity index (χ1v) is 5.02. The average molecular weight is 182 g/mol. The van der Waals surface area contributed by atoms with E-state index in [-0.39, 0.29) is 0 Å². The molecule has 1 aromatic rings. The maximum Gasteiger partial charge on any atom is 0.0248 e. The lowest BCUT2D eigenvalue weighted by Gasteiger charge is -2.13. The zero-order valence-corrected chi connectivity index (χ0v) is 8.72. The molecule has 0 bridgehead atoms. The van der Waals surface area contributed by atoms with Crippen LogP contribution in [0.15, 0.2) is 23.8 Å². The van der Waals surface area contributed by atoms with Crippen molar-refractivity contribution in [2.75, 3.05) is 0 Å². The number of rotatable bonds is 0. The topological polar surface area (TPSA) is 0 Å². The second-order valence-corrected chi connectivity index (χ2v) is 3.78. The van der Waals surface area contributed by atoms with Gasteiger partial charge in [-0.1, -0.05) is 23.6 Å². The van der Waals surface area contributed by atoms with E-state index in [4.69, 9.17) is 0 Å². The van der Waals surface area contributed by atoms with Crippen LogP contribution in [0, 0.1) is 11.8 Å². The molecule has 0 aromatic heterocycles. The summed E-state index contributed by atoms with van der Waals surface area (Å²) < 4.78 is 0. The summed E-state index contributed by atoms with van der Waals surface area (Å²) in [6.07, 6.45) is 4.63. The Labute approximate surface area is 85.7 Å². The first-order chi connectivity index (χ1) is 6.79. The smallest absolute Gasteiger partial charge is 0.0248 e. The van der Waals surface area contributed by atoms with E-state index in [0.717, 1.165) is 12.0 Å². The van der Waals surface area contributed by atoms with Crippen LogP contribution >= 0.6 is 0 Å². The van der Waals surface area contributed by atoms with E-state index in [0.29, 0.717) is 0 Å². The van der Waals surface area contributed by atoms with Crippen molar-refractivity contribution in [3.63, 3.8) is 0 Å². The highest BCUT2D eigenvalue weighted by Gasteiger charge is 2.07. The summed E-state index contributed by atoms with van der Waals surface area (Å²) in [5.74, 6) is 6.03. The van der Waals surface area contributed by atoms with Crippen LogP contribution in [0.4, 0.5) is 0 Å². The van der Waals surface area contributed by atoms with Gasteiger partial charge in [0, 0.05) is 5.56 Å². The summed E-state index contributed by atoms with van der Waals surface area (Å²) in [5.41, 5.74) is 5.43. The highest BCUT2D eigenvalue weighted by molar-refractivity contribution is 5.60. The van der Waals surface area contributed by atoms with Gasteiger partial charge in [0.25, 0.3) is 0 Å². The standard InChI is InChI=1S/C14H14/c1-3-4-12-6-8-13-9-11(2)5-7-14(13)10-12/h6,8-10H,5,7H2,1-2H3. The van der Waals surface area contributed by atoms with Crippen LogP contribution in [-0.2, 0) is 6.42 Å². The molecule has 0 saturated heterocycles. The average Bonchev–Trinajstić information content (AvgIpc) is 2.19. The molecule has 0 nitrogen and oxygen atoms in total. The number of benzene rings is 1. The van der Waals surface area contributed by atoms with Crippen LogP contribution < -0.4 is 0 Å². The van der Waals surface area contributed by atoms with Crippen molar-refractivity contribution in [2.45, 2.75) is 26.7 Å². The molecule has 0 aliphatic heterocycles. The van der Waals surface area contributed by atoms with E-state index in [1.54, 1.807) is 0 Å². The van der Waals surface area contributed by atoms with Crippen LogP contribution in [0.25, 0.3) is 6.08 Å². The Morgan fingerprint density at radius 1 is 1.21 bits per heavy atom. The third-order valence-electron chi connectivity index (χ3n) is 2.60. The van der Waals surface area contributed by atoms with Gasteiger partial charge in [0.1, 0.15) is 0 Å². The van der Waals surface area contributed by atoms with E-state index in [9.17, 15) is 0 Å². The summed E-state index contributed by atoms with van der Waals surface area (Å²) in [5, 5.41) is 0.